The Morgan fingerprint density at radius 3 is 1.59 bits per heavy atom. The highest BCUT2D eigenvalue weighted by Crippen LogP contribution is 2.55. The van der Waals surface area contributed by atoms with Crippen LogP contribution in [0.25, 0.3) is 36.0 Å². The summed E-state index contributed by atoms with van der Waals surface area (Å²) in [5.41, 5.74) is 19.9. The highest BCUT2D eigenvalue weighted by Gasteiger charge is 2.43. The van der Waals surface area contributed by atoms with E-state index in [2.05, 4.69) is 203 Å². The number of hydrogen-bond donors (Lipinski definition) is 0. The van der Waals surface area contributed by atoms with Gasteiger partial charge in [0.2, 0.25) is 0 Å². The zero-order valence-corrected chi connectivity index (χ0v) is 49.2. The average molecular weight is 1010 g/mol. The Hall–Kier alpha value is -5.30. The molecule has 75 heavy (non-hydrogen) atoms. The van der Waals surface area contributed by atoms with E-state index in [-0.39, 0.29) is 11.8 Å². The number of allylic oxidation sites excluding steroid dienone is 4. The molecule has 0 N–H and O–H groups in total. The van der Waals surface area contributed by atoms with Crippen molar-refractivity contribution in [1.82, 2.24) is 0 Å². The van der Waals surface area contributed by atoms with Crippen molar-refractivity contribution in [2.45, 2.75) is 184 Å². The molecular formula is C73H98O2. The SMILES string of the molecule is C=C=CC(C)C.CC(C)C=O.CC(C)C=O.CC1CC1.CCC1C(c2ccc(/C=C/c3ccc4c(c3)C(C3CC3C)CCC4C(C)CC)cc2)=Cc2ccc(/C=C/c3ccc4c(c3)C(C)CCC4/C=C/C(C)C)cc21. The second-order valence-electron chi connectivity index (χ2n) is 24.3. The number of benzene rings is 4. The van der Waals surface area contributed by atoms with E-state index in [4.69, 9.17) is 0 Å². The monoisotopic (exact) mass is 1010 g/mol. The minimum Gasteiger partial charge on any atom is -0.303 e. The van der Waals surface area contributed by atoms with E-state index in [0.717, 1.165) is 54.5 Å². The van der Waals surface area contributed by atoms with Crippen molar-refractivity contribution < 1.29 is 9.59 Å². The Kier molecular flexibility index (Phi) is 24.1. The van der Waals surface area contributed by atoms with Gasteiger partial charge in [-0.15, -0.1) is 5.73 Å². The van der Waals surface area contributed by atoms with Gasteiger partial charge in [-0.1, -0.05) is 244 Å². The topological polar surface area (TPSA) is 34.1 Å². The molecule has 0 bridgehead atoms. The standard InChI is InChI=1S/C55H64.C6H10.2C4H8O.C4H8/c1-8-36(5)47-28-29-50(51-30-38(51)7)55-33-42(20-27-49(47)55)13-12-39-16-23-44(24-17-39)54-34-45-25-18-40(32-53(45)46(54)9-2)14-15-41-19-26-48-43(21-10-35(3)4)22-11-37(6)52(48)31-41;1-4-5-6(2)3;2*1-4(2)3-5;1-4-2-3-4/h10,12-21,23-27,31-38,43,46-47,50-51H,8-9,11,22,28-30H2,1-7H3;5-6H,1H2,2-3H3;2*3-4H,1-2H3;4H,2-3H2,1H3/b13-12+,15-14+,21-10+;;;;. The normalized spacial score (nSPS) is 22.5. The van der Waals surface area contributed by atoms with Crippen molar-refractivity contribution in [1.29, 1.82) is 0 Å². The summed E-state index contributed by atoms with van der Waals surface area (Å²) < 4.78 is 0. The van der Waals surface area contributed by atoms with Crippen molar-refractivity contribution >= 4 is 48.5 Å². The lowest BCUT2D eigenvalue weighted by Gasteiger charge is -2.35. The lowest BCUT2D eigenvalue weighted by molar-refractivity contribution is -0.110. The van der Waals surface area contributed by atoms with Crippen molar-refractivity contribution in [2.24, 2.45) is 47.3 Å². The Morgan fingerprint density at radius 2 is 1.11 bits per heavy atom. The molecule has 2 fully saturated rings. The fourth-order valence-electron chi connectivity index (χ4n) is 10.9. The molecule has 8 unspecified atom stereocenters. The molecule has 0 aromatic heterocycles. The van der Waals surface area contributed by atoms with Gasteiger partial charge in [-0.3, -0.25) is 0 Å². The van der Waals surface area contributed by atoms with Gasteiger partial charge in [-0.2, -0.15) is 0 Å². The number of carbonyl (C=O) groups is 2. The van der Waals surface area contributed by atoms with Gasteiger partial charge in [0.15, 0.2) is 0 Å². The summed E-state index contributed by atoms with van der Waals surface area (Å²) in [4.78, 5) is 19.0. The first kappa shape index (κ1) is 60.6. The number of rotatable bonds is 14. The Bertz CT molecular complexity index is 2590. The van der Waals surface area contributed by atoms with Gasteiger partial charge in [-0.05, 0) is 165 Å². The van der Waals surface area contributed by atoms with Gasteiger partial charge < -0.3 is 9.59 Å². The zero-order chi connectivity index (χ0) is 54.8. The summed E-state index contributed by atoms with van der Waals surface area (Å²) in [7, 11) is 0. The Labute approximate surface area is 458 Å². The van der Waals surface area contributed by atoms with Gasteiger partial charge in [0, 0.05) is 23.7 Å². The summed E-state index contributed by atoms with van der Waals surface area (Å²) in [5, 5.41) is 0. The van der Waals surface area contributed by atoms with Crippen LogP contribution >= 0.6 is 0 Å². The van der Waals surface area contributed by atoms with Crippen LogP contribution in [0, 0.1) is 47.3 Å². The molecule has 5 aliphatic carbocycles. The van der Waals surface area contributed by atoms with Crippen molar-refractivity contribution in [2.75, 3.05) is 0 Å². The summed E-state index contributed by atoms with van der Waals surface area (Å²) in [5.74, 6) is 8.29. The smallest absolute Gasteiger partial charge is 0.122 e. The first-order valence-corrected chi connectivity index (χ1v) is 29.5. The quantitative estimate of drug-likeness (QED) is 0.0546. The largest absolute Gasteiger partial charge is 0.303 e. The van der Waals surface area contributed by atoms with E-state index < -0.39 is 0 Å². The predicted octanol–water partition coefficient (Wildman–Crippen LogP) is 21.0. The molecule has 4 aromatic rings. The fourth-order valence-corrected chi connectivity index (χ4v) is 10.9. The molecule has 0 saturated heterocycles. The first-order valence-electron chi connectivity index (χ1n) is 29.5. The Morgan fingerprint density at radius 1 is 0.587 bits per heavy atom. The van der Waals surface area contributed by atoms with Crippen LogP contribution in [0.3, 0.4) is 0 Å². The van der Waals surface area contributed by atoms with Gasteiger partial charge in [-0.25, -0.2) is 0 Å². The van der Waals surface area contributed by atoms with Crippen LogP contribution in [-0.4, -0.2) is 12.6 Å². The van der Waals surface area contributed by atoms with Crippen molar-refractivity contribution in [3.8, 4) is 0 Å². The second kappa shape index (κ2) is 29.9. The molecule has 9 rings (SSSR count). The van der Waals surface area contributed by atoms with Gasteiger partial charge in [0.1, 0.15) is 12.6 Å². The summed E-state index contributed by atoms with van der Waals surface area (Å²) >= 11 is 0. The summed E-state index contributed by atoms with van der Waals surface area (Å²) in [6.45, 7) is 33.9. The third-order valence-corrected chi connectivity index (χ3v) is 16.0. The van der Waals surface area contributed by atoms with E-state index in [1.165, 1.54) is 107 Å². The molecule has 5 aliphatic rings. The molecule has 402 valence electrons. The van der Waals surface area contributed by atoms with Crippen LogP contribution in [0.5, 0.6) is 0 Å². The van der Waals surface area contributed by atoms with E-state index >= 15 is 0 Å². The molecule has 2 saturated carbocycles. The molecule has 2 heteroatoms. The molecule has 0 aliphatic heterocycles. The van der Waals surface area contributed by atoms with E-state index in [1.807, 2.05) is 33.8 Å². The van der Waals surface area contributed by atoms with Crippen LogP contribution in [0.4, 0.5) is 0 Å². The van der Waals surface area contributed by atoms with Crippen LogP contribution < -0.4 is 0 Å². The van der Waals surface area contributed by atoms with Crippen LogP contribution in [-0.2, 0) is 9.59 Å². The summed E-state index contributed by atoms with van der Waals surface area (Å²) in [6.07, 6.45) is 32.3. The third-order valence-electron chi connectivity index (χ3n) is 16.0. The highest BCUT2D eigenvalue weighted by molar-refractivity contribution is 5.92. The maximum absolute atomic E-state index is 9.50. The first-order chi connectivity index (χ1) is 35.9. The maximum Gasteiger partial charge on any atom is 0.122 e. The number of hydrogen-bond acceptors (Lipinski definition) is 2. The van der Waals surface area contributed by atoms with Crippen molar-refractivity contribution in [3.63, 3.8) is 0 Å². The number of fused-ring (bicyclic) bond motifs is 3. The number of aldehydes is 2. The predicted molar refractivity (Wildman–Crippen MR) is 329 cm³/mol. The van der Waals surface area contributed by atoms with E-state index in [0.29, 0.717) is 29.6 Å². The number of carbonyl (C=O) groups excluding carboxylic acids is 2. The lowest BCUT2D eigenvalue weighted by atomic mass is 9.69. The lowest BCUT2D eigenvalue weighted by Crippen LogP contribution is -2.20. The van der Waals surface area contributed by atoms with Gasteiger partial charge in [0.25, 0.3) is 0 Å². The molecule has 8 atom stereocenters. The maximum atomic E-state index is 9.50. The third kappa shape index (κ3) is 18.5. The average Bonchev–Trinajstić information content (AvgIpc) is 4.33. The fraction of sp³-hybridized carbons (Fsp3) is 0.493. The van der Waals surface area contributed by atoms with E-state index in [1.54, 1.807) is 11.1 Å². The van der Waals surface area contributed by atoms with E-state index in [9.17, 15) is 9.59 Å². The van der Waals surface area contributed by atoms with Crippen molar-refractivity contribution in [3.05, 3.63) is 171 Å². The molecule has 0 heterocycles. The van der Waals surface area contributed by atoms with Gasteiger partial charge in [0.05, 0.1) is 0 Å². The second-order valence-corrected chi connectivity index (χ2v) is 24.3. The summed E-state index contributed by atoms with van der Waals surface area (Å²) in [6, 6.07) is 31.0. The molecule has 4 aromatic carbocycles. The van der Waals surface area contributed by atoms with Crippen LogP contribution in [0.1, 0.15) is 246 Å². The molecule has 0 amide bonds. The molecule has 0 radical (unpaired) electrons. The molecule has 0 spiro atoms. The minimum atomic E-state index is 0.204. The highest BCUT2D eigenvalue weighted by atomic mass is 16.1. The zero-order valence-electron chi connectivity index (χ0n) is 49.2. The van der Waals surface area contributed by atoms with Crippen LogP contribution in [0.2, 0.25) is 0 Å². The van der Waals surface area contributed by atoms with Gasteiger partial charge >= 0.3 is 0 Å². The minimum absolute atomic E-state index is 0.204. The Balaban J connectivity index is 0.000000440. The molecule has 2 nitrogen and oxygen atoms in total. The van der Waals surface area contributed by atoms with Crippen LogP contribution in [0.15, 0.2) is 109 Å². The molecular weight excluding hydrogens is 909 g/mol.